The van der Waals surface area contributed by atoms with E-state index in [0.717, 1.165) is 6.07 Å². The molecule has 1 atom stereocenters. The lowest BCUT2D eigenvalue weighted by Gasteiger charge is -2.18. The van der Waals surface area contributed by atoms with Gasteiger partial charge in [0.25, 0.3) is 0 Å². The van der Waals surface area contributed by atoms with Gasteiger partial charge in [-0.05, 0) is 31.2 Å². The zero-order valence-corrected chi connectivity index (χ0v) is 10.3. The molecule has 4 N–H and O–H groups in total. The summed E-state index contributed by atoms with van der Waals surface area (Å²) in [6.07, 6.45) is 0. The number of nitrogens with one attached hydrogen (secondary N) is 1. The van der Waals surface area contributed by atoms with Crippen LogP contribution in [0.25, 0.3) is 0 Å². The van der Waals surface area contributed by atoms with Crippen molar-refractivity contribution in [2.45, 2.75) is 13.0 Å². The molecule has 0 heterocycles. The number of anilines is 1. The molecule has 19 heavy (non-hydrogen) atoms. The highest BCUT2D eigenvalue weighted by Gasteiger charge is 2.15. The second-order valence-corrected chi connectivity index (χ2v) is 4.24. The van der Waals surface area contributed by atoms with E-state index in [1.165, 1.54) is 30.3 Å². The lowest BCUT2D eigenvalue weighted by atomic mass is 10.1. The minimum absolute atomic E-state index is 0.0424. The molecule has 5 heteroatoms. The summed E-state index contributed by atoms with van der Waals surface area (Å²) in [5, 5.41) is 31.5. The molecule has 0 fully saturated rings. The summed E-state index contributed by atoms with van der Waals surface area (Å²) >= 11 is 0. The average molecular weight is 263 g/mol. The lowest BCUT2D eigenvalue weighted by molar-refractivity contribution is 0.431. The van der Waals surface area contributed by atoms with Crippen LogP contribution in [0.1, 0.15) is 18.5 Å². The fraction of sp³-hybridized carbons (Fsp3) is 0.143. The highest BCUT2D eigenvalue weighted by atomic mass is 19.1. The van der Waals surface area contributed by atoms with E-state index in [1.807, 2.05) is 0 Å². The van der Waals surface area contributed by atoms with Crippen LogP contribution in [0.3, 0.4) is 0 Å². The maximum Gasteiger partial charge on any atom is 0.166 e. The molecule has 0 saturated heterocycles. The highest BCUT2D eigenvalue weighted by molar-refractivity contribution is 5.52. The minimum atomic E-state index is -0.737. The molecule has 2 aromatic carbocycles. The van der Waals surface area contributed by atoms with Crippen LogP contribution in [-0.2, 0) is 0 Å². The molecule has 100 valence electrons. The van der Waals surface area contributed by atoms with Gasteiger partial charge in [0.05, 0.1) is 11.6 Å². The normalized spacial score (nSPS) is 12.1. The van der Waals surface area contributed by atoms with Crippen molar-refractivity contribution in [1.82, 2.24) is 0 Å². The number of hydrogen-bond donors (Lipinski definition) is 4. The fourth-order valence-electron chi connectivity index (χ4n) is 1.90. The summed E-state index contributed by atoms with van der Waals surface area (Å²) in [5.41, 5.74) is 0.765. The largest absolute Gasteiger partial charge is 0.507 e. The molecule has 0 aliphatic rings. The van der Waals surface area contributed by atoms with E-state index in [1.54, 1.807) is 6.92 Å². The number of halogens is 1. The first kappa shape index (κ1) is 13.0. The zero-order chi connectivity index (χ0) is 14.0. The van der Waals surface area contributed by atoms with Crippen molar-refractivity contribution in [3.63, 3.8) is 0 Å². The third kappa shape index (κ3) is 2.70. The Morgan fingerprint density at radius 2 is 1.63 bits per heavy atom. The van der Waals surface area contributed by atoms with E-state index in [0.29, 0.717) is 11.3 Å². The van der Waals surface area contributed by atoms with Gasteiger partial charge in [-0.3, -0.25) is 0 Å². The Morgan fingerprint density at radius 1 is 1.00 bits per heavy atom. The Bertz CT molecular complexity index is 581. The first-order valence-corrected chi connectivity index (χ1v) is 5.75. The van der Waals surface area contributed by atoms with Crippen molar-refractivity contribution in [2.24, 2.45) is 0 Å². The van der Waals surface area contributed by atoms with Crippen LogP contribution in [0.4, 0.5) is 10.1 Å². The molecule has 1 unspecified atom stereocenters. The molecule has 2 aromatic rings. The molecule has 0 amide bonds. The topological polar surface area (TPSA) is 72.7 Å². The monoisotopic (exact) mass is 263 g/mol. The lowest BCUT2D eigenvalue weighted by Crippen LogP contribution is -2.07. The number of aromatic hydroxyl groups is 3. The van der Waals surface area contributed by atoms with Gasteiger partial charge in [-0.25, -0.2) is 4.39 Å². The Morgan fingerprint density at radius 3 is 2.21 bits per heavy atom. The summed E-state index contributed by atoms with van der Waals surface area (Å²) < 4.78 is 13.2. The third-order valence-electron chi connectivity index (χ3n) is 2.82. The molecule has 0 saturated carbocycles. The molecule has 0 aliphatic heterocycles. The first-order valence-electron chi connectivity index (χ1n) is 5.75. The summed E-state index contributed by atoms with van der Waals surface area (Å²) in [4.78, 5) is 0. The van der Waals surface area contributed by atoms with Crippen LogP contribution in [0.2, 0.25) is 0 Å². The molecule has 0 aromatic heterocycles. The van der Waals surface area contributed by atoms with Crippen LogP contribution >= 0.6 is 0 Å². The number of rotatable bonds is 3. The van der Waals surface area contributed by atoms with E-state index in [4.69, 9.17) is 5.11 Å². The summed E-state index contributed by atoms with van der Waals surface area (Å²) in [6, 6.07) is 7.91. The first-order chi connectivity index (χ1) is 8.99. The van der Waals surface area contributed by atoms with E-state index in [2.05, 4.69) is 5.32 Å². The van der Waals surface area contributed by atoms with Crippen molar-refractivity contribution < 1.29 is 19.7 Å². The fourth-order valence-corrected chi connectivity index (χ4v) is 1.90. The van der Waals surface area contributed by atoms with Gasteiger partial charge in [0.15, 0.2) is 11.6 Å². The predicted octanol–water partition coefficient (Wildman–Crippen LogP) is 3.12. The predicted molar refractivity (Wildman–Crippen MR) is 69.9 cm³/mol. The number of phenols is 3. The van der Waals surface area contributed by atoms with Crippen LogP contribution in [0.15, 0.2) is 36.4 Å². The summed E-state index contributed by atoms with van der Waals surface area (Å²) in [6.45, 7) is 1.72. The van der Waals surface area contributed by atoms with E-state index >= 15 is 0 Å². The molecule has 0 bridgehead atoms. The van der Waals surface area contributed by atoms with Gasteiger partial charge in [0.2, 0.25) is 0 Å². The standard InChI is InChI=1S/C14H14FNO3/c1-8(14-12(18)3-2-4-13(14)19)16-9-5-6-11(17)10(15)7-9/h2-8,16-19H,1H3. The molecule has 0 spiro atoms. The van der Waals surface area contributed by atoms with E-state index < -0.39 is 17.6 Å². The van der Waals surface area contributed by atoms with Crippen LogP contribution in [0.5, 0.6) is 17.2 Å². The van der Waals surface area contributed by atoms with Crippen molar-refractivity contribution >= 4 is 5.69 Å². The van der Waals surface area contributed by atoms with Crippen molar-refractivity contribution in [3.05, 3.63) is 47.8 Å². The van der Waals surface area contributed by atoms with Gasteiger partial charge in [0.1, 0.15) is 11.5 Å². The van der Waals surface area contributed by atoms with Gasteiger partial charge in [-0.15, -0.1) is 0 Å². The van der Waals surface area contributed by atoms with Gasteiger partial charge in [-0.1, -0.05) is 6.07 Å². The number of hydrogen-bond acceptors (Lipinski definition) is 4. The molecular weight excluding hydrogens is 249 g/mol. The van der Waals surface area contributed by atoms with Gasteiger partial charge in [0, 0.05) is 11.8 Å². The highest BCUT2D eigenvalue weighted by Crippen LogP contribution is 2.34. The van der Waals surface area contributed by atoms with Gasteiger partial charge >= 0.3 is 0 Å². The van der Waals surface area contributed by atoms with Crippen molar-refractivity contribution in [3.8, 4) is 17.2 Å². The van der Waals surface area contributed by atoms with E-state index in [-0.39, 0.29) is 11.5 Å². The van der Waals surface area contributed by atoms with Gasteiger partial charge < -0.3 is 20.6 Å². The van der Waals surface area contributed by atoms with Crippen molar-refractivity contribution in [2.75, 3.05) is 5.32 Å². The van der Waals surface area contributed by atoms with Crippen LogP contribution in [-0.4, -0.2) is 15.3 Å². The van der Waals surface area contributed by atoms with Crippen LogP contribution < -0.4 is 5.32 Å². The van der Waals surface area contributed by atoms with Crippen LogP contribution in [0, 0.1) is 5.82 Å². The minimum Gasteiger partial charge on any atom is -0.507 e. The van der Waals surface area contributed by atoms with E-state index in [9.17, 15) is 14.6 Å². The Labute approximate surface area is 109 Å². The molecule has 2 rings (SSSR count). The zero-order valence-electron chi connectivity index (χ0n) is 10.3. The average Bonchev–Trinajstić information content (AvgIpc) is 2.33. The molecular formula is C14H14FNO3. The maximum absolute atomic E-state index is 13.2. The number of phenolic OH excluding ortho intramolecular Hbond substituents is 3. The smallest absolute Gasteiger partial charge is 0.166 e. The Hall–Kier alpha value is -2.43. The summed E-state index contributed by atoms with van der Waals surface area (Å²) in [5.74, 6) is -1.25. The number of benzene rings is 2. The van der Waals surface area contributed by atoms with Gasteiger partial charge in [-0.2, -0.15) is 0 Å². The molecule has 0 aliphatic carbocycles. The quantitative estimate of drug-likeness (QED) is 0.642. The summed E-state index contributed by atoms with van der Waals surface area (Å²) in [7, 11) is 0. The Balaban J connectivity index is 2.25. The maximum atomic E-state index is 13.2. The SMILES string of the molecule is CC(Nc1ccc(O)c(F)c1)c1c(O)cccc1O. The molecule has 4 nitrogen and oxygen atoms in total. The second-order valence-electron chi connectivity index (χ2n) is 4.24. The Kier molecular flexibility index (Phi) is 3.46. The molecule has 0 radical (unpaired) electrons. The third-order valence-corrected chi connectivity index (χ3v) is 2.82. The van der Waals surface area contributed by atoms with Crippen molar-refractivity contribution in [1.29, 1.82) is 0 Å². The second kappa shape index (κ2) is 5.06.